The number of hydrogen-bond donors (Lipinski definition) is 0. The lowest BCUT2D eigenvalue weighted by atomic mass is 10.1. The lowest BCUT2D eigenvalue weighted by Gasteiger charge is -2.34. The van der Waals surface area contributed by atoms with Crippen LogP contribution in [0.25, 0.3) is 10.2 Å². The van der Waals surface area contributed by atoms with Gasteiger partial charge in [0.1, 0.15) is 0 Å². The molecule has 0 bridgehead atoms. The number of thiophene rings is 1. The van der Waals surface area contributed by atoms with E-state index >= 15 is 0 Å². The number of amides is 1. The smallest absolute Gasteiger partial charge is 0.264 e. The first-order valence-electron chi connectivity index (χ1n) is 8.19. The van der Waals surface area contributed by atoms with Crippen LogP contribution in [0.15, 0.2) is 24.3 Å². The van der Waals surface area contributed by atoms with Crippen LogP contribution in [-0.2, 0) is 0 Å². The first-order chi connectivity index (χ1) is 12.0. The number of aryl methyl sites for hydroxylation is 2. The minimum Gasteiger partial charge on any atom is -0.345 e. The van der Waals surface area contributed by atoms with E-state index in [1.807, 2.05) is 4.90 Å². The SMILES string of the molecule is Cc1ccc2sc(N3CCN(C(=O)c4ccc(Cl)s4)CC3)nc2c1C. The molecule has 1 amide bonds. The number of nitrogens with zero attached hydrogens (tertiary/aromatic N) is 3. The highest BCUT2D eigenvalue weighted by atomic mass is 35.5. The lowest BCUT2D eigenvalue weighted by Crippen LogP contribution is -2.48. The largest absolute Gasteiger partial charge is 0.345 e. The predicted molar refractivity (Wildman–Crippen MR) is 107 cm³/mol. The number of carbonyl (C=O) groups is 1. The van der Waals surface area contributed by atoms with Gasteiger partial charge in [-0.25, -0.2) is 4.98 Å². The molecule has 130 valence electrons. The van der Waals surface area contributed by atoms with Crippen molar-refractivity contribution in [2.75, 3.05) is 31.1 Å². The summed E-state index contributed by atoms with van der Waals surface area (Å²) >= 11 is 9.02. The van der Waals surface area contributed by atoms with Gasteiger partial charge < -0.3 is 9.80 Å². The molecule has 0 radical (unpaired) electrons. The van der Waals surface area contributed by atoms with E-state index in [-0.39, 0.29) is 5.91 Å². The van der Waals surface area contributed by atoms with E-state index in [2.05, 4.69) is 30.9 Å². The second-order valence-electron chi connectivity index (χ2n) is 6.23. The van der Waals surface area contributed by atoms with Crippen molar-refractivity contribution >= 4 is 55.5 Å². The zero-order chi connectivity index (χ0) is 17.6. The third kappa shape index (κ3) is 3.14. The first kappa shape index (κ1) is 16.8. The molecule has 3 heterocycles. The molecule has 0 aliphatic carbocycles. The summed E-state index contributed by atoms with van der Waals surface area (Å²) in [5, 5.41) is 1.05. The topological polar surface area (TPSA) is 36.4 Å². The van der Waals surface area contributed by atoms with Gasteiger partial charge in [0.25, 0.3) is 5.91 Å². The van der Waals surface area contributed by atoms with Gasteiger partial charge in [-0.05, 0) is 43.2 Å². The summed E-state index contributed by atoms with van der Waals surface area (Å²) in [5.74, 6) is 0.0762. The van der Waals surface area contributed by atoms with Gasteiger partial charge in [-0.1, -0.05) is 29.0 Å². The minimum absolute atomic E-state index is 0.0762. The summed E-state index contributed by atoms with van der Waals surface area (Å²) in [6.45, 7) is 7.29. The first-order valence-corrected chi connectivity index (χ1v) is 10.2. The van der Waals surface area contributed by atoms with Gasteiger partial charge in [-0.2, -0.15) is 0 Å². The van der Waals surface area contributed by atoms with Crippen molar-refractivity contribution in [3.05, 3.63) is 44.6 Å². The maximum Gasteiger partial charge on any atom is 0.264 e. The fourth-order valence-electron chi connectivity index (χ4n) is 3.04. The quantitative estimate of drug-likeness (QED) is 0.641. The van der Waals surface area contributed by atoms with Crippen LogP contribution in [0.3, 0.4) is 0 Å². The van der Waals surface area contributed by atoms with E-state index in [1.165, 1.54) is 27.2 Å². The van der Waals surface area contributed by atoms with Crippen molar-refractivity contribution in [3.63, 3.8) is 0 Å². The van der Waals surface area contributed by atoms with Crippen LogP contribution in [0.1, 0.15) is 20.8 Å². The van der Waals surface area contributed by atoms with E-state index < -0.39 is 0 Å². The van der Waals surface area contributed by atoms with Gasteiger partial charge in [0.05, 0.1) is 19.4 Å². The normalized spacial score (nSPS) is 15.2. The molecule has 3 aromatic rings. The number of benzene rings is 1. The van der Waals surface area contributed by atoms with Crippen LogP contribution in [0.5, 0.6) is 0 Å². The molecule has 1 fully saturated rings. The molecule has 0 unspecified atom stereocenters. The molecule has 2 aromatic heterocycles. The van der Waals surface area contributed by atoms with E-state index in [9.17, 15) is 4.79 Å². The molecule has 7 heteroatoms. The van der Waals surface area contributed by atoms with E-state index in [0.717, 1.165) is 23.7 Å². The number of rotatable bonds is 2. The van der Waals surface area contributed by atoms with Crippen molar-refractivity contribution in [2.45, 2.75) is 13.8 Å². The Morgan fingerprint density at radius 2 is 1.84 bits per heavy atom. The number of carbonyl (C=O) groups excluding carboxylic acids is 1. The summed E-state index contributed by atoms with van der Waals surface area (Å²) < 4.78 is 1.88. The average Bonchev–Trinajstić information content (AvgIpc) is 3.24. The van der Waals surface area contributed by atoms with E-state index in [4.69, 9.17) is 16.6 Å². The Hall–Kier alpha value is -1.63. The third-order valence-corrected chi connectivity index (χ3v) is 7.00. The molecular formula is C18H18ClN3OS2. The highest BCUT2D eigenvalue weighted by molar-refractivity contribution is 7.22. The Labute approximate surface area is 159 Å². The maximum absolute atomic E-state index is 12.5. The molecule has 0 atom stereocenters. The van der Waals surface area contributed by atoms with Crippen LogP contribution < -0.4 is 4.90 Å². The third-order valence-electron chi connectivity index (χ3n) is 4.69. The molecule has 1 aliphatic rings. The van der Waals surface area contributed by atoms with Gasteiger partial charge in [0, 0.05) is 26.2 Å². The summed E-state index contributed by atoms with van der Waals surface area (Å²) in [6, 6.07) is 7.89. The molecule has 1 aliphatic heterocycles. The monoisotopic (exact) mass is 391 g/mol. The Morgan fingerprint density at radius 1 is 1.08 bits per heavy atom. The van der Waals surface area contributed by atoms with Crippen LogP contribution in [0.2, 0.25) is 4.34 Å². The fourth-order valence-corrected chi connectivity index (χ4v) is 5.12. The Balaban J connectivity index is 1.48. The van der Waals surface area contributed by atoms with Crippen LogP contribution in [0.4, 0.5) is 5.13 Å². The summed E-state index contributed by atoms with van der Waals surface area (Å²) in [5.41, 5.74) is 3.63. The number of hydrogen-bond acceptors (Lipinski definition) is 5. The van der Waals surface area contributed by atoms with Gasteiger partial charge >= 0.3 is 0 Å². The van der Waals surface area contributed by atoms with Gasteiger partial charge in [-0.15, -0.1) is 11.3 Å². The number of fused-ring (bicyclic) bond motifs is 1. The Morgan fingerprint density at radius 3 is 2.52 bits per heavy atom. The van der Waals surface area contributed by atoms with Crippen molar-refractivity contribution in [1.29, 1.82) is 0 Å². The van der Waals surface area contributed by atoms with E-state index in [0.29, 0.717) is 22.3 Å². The van der Waals surface area contributed by atoms with Crippen LogP contribution in [-0.4, -0.2) is 42.0 Å². The molecule has 4 nitrogen and oxygen atoms in total. The molecule has 4 rings (SSSR count). The standard InChI is InChI=1S/C18H18ClN3OS2/c1-11-3-4-13-16(12(11)2)20-18(25-13)22-9-7-21(8-10-22)17(23)14-5-6-15(19)24-14/h3-6H,7-10H2,1-2H3. The van der Waals surface area contributed by atoms with Gasteiger partial charge in [0.15, 0.2) is 5.13 Å². The molecule has 25 heavy (non-hydrogen) atoms. The van der Waals surface area contributed by atoms with Crippen molar-refractivity contribution in [3.8, 4) is 0 Å². The zero-order valence-electron chi connectivity index (χ0n) is 14.1. The highest BCUT2D eigenvalue weighted by Gasteiger charge is 2.25. The summed E-state index contributed by atoms with van der Waals surface area (Å²) in [7, 11) is 0. The molecule has 0 N–H and O–H groups in total. The molecule has 1 saturated heterocycles. The summed E-state index contributed by atoms with van der Waals surface area (Å²) in [4.78, 5) is 22.3. The molecular weight excluding hydrogens is 374 g/mol. The second kappa shape index (κ2) is 6.59. The zero-order valence-corrected chi connectivity index (χ0v) is 16.5. The number of thiazole rings is 1. The van der Waals surface area contributed by atoms with Crippen LogP contribution in [0, 0.1) is 13.8 Å². The van der Waals surface area contributed by atoms with Crippen molar-refractivity contribution in [1.82, 2.24) is 9.88 Å². The molecule has 0 spiro atoms. The summed E-state index contributed by atoms with van der Waals surface area (Å²) in [6.07, 6.45) is 0. The number of piperazine rings is 1. The number of aromatic nitrogens is 1. The number of anilines is 1. The number of halogens is 1. The predicted octanol–water partition coefficient (Wildman–Crippen LogP) is 4.59. The minimum atomic E-state index is 0.0762. The molecule has 1 aromatic carbocycles. The Bertz CT molecular complexity index is 941. The average molecular weight is 392 g/mol. The highest BCUT2D eigenvalue weighted by Crippen LogP contribution is 2.32. The van der Waals surface area contributed by atoms with Crippen LogP contribution >= 0.6 is 34.3 Å². The lowest BCUT2D eigenvalue weighted by molar-refractivity contribution is 0.0751. The van der Waals surface area contributed by atoms with Gasteiger partial charge in [-0.3, -0.25) is 4.79 Å². The molecule has 0 saturated carbocycles. The Kier molecular flexibility index (Phi) is 4.43. The second-order valence-corrected chi connectivity index (χ2v) is 8.96. The van der Waals surface area contributed by atoms with Gasteiger partial charge in [0.2, 0.25) is 0 Å². The fraction of sp³-hybridized carbons (Fsp3) is 0.333. The van der Waals surface area contributed by atoms with E-state index in [1.54, 1.807) is 23.5 Å². The van der Waals surface area contributed by atoms with Crippen molar-refractivity contribution < 1.29 is 4.79 Å². The van der Waals surface area contributed by atoms with Crippen molar-refractivity contribution in [2.24, 2.45) is 0 Å². The maximum atomic E-state index is 12.5.